The first kappa shape index (κ1) is 18.2. The second kappa shape index (κ2) is 7.76. The van der Waals surface area contributed by atoms with E-state index in [9.17, 15) is 9.18 Å². The number of hydrogen-bond acceptors (Lipinski definition) is 5. The summed E-state index contributed by atoms with van der Waals surface area (Å²) in [6.07, 6.45) is 1.56. The van der Waals surface area contributed by atoms with E-state index in [2.05, 4.69) is 41.8 Å². The number of amides is 1. The average molecular weight is 418 g/mol. The van der Waals surface area contributed by atoms with Crippen molar-refractivity contribution in [3.05, 3.63) is 52.4 Å². The van der Waals surface area contributed by atoms with Crippen LogP contribution in [0.5, 0.6) is 0 Å². The third-order valence-electron chi connectivity index (χ3n) is 3.55. The van der Waals surface area contributed by atoms with E-state index in [-0.39, 0.29) is 17.4 Å². The highest BCUT2D eigenvalue weighted by atomic mass is 79.9. The van der Waals surface area contributed by atoms with E-state index in [4.69, 9.17) is 0 Å². The number of hydrogen-bond donors (Lipinski definition) is 3. The van der Waals surface area contributed by atoms with Crippen molar-refractivity contribution in [2.75, 3.05) is 17.7 Å². The largest absolute Gasteiger partial charge is 0.326 e. The van der Waals surface area contributed by atoms with Crippen molar-refractivity contribution in [3.63, 3.8) is 0 Å². The lowest BCUT2D eigenvalue weighted by atomic mass is 10.1. The molecule has 0 spiro atoms. The molecule has 0 unspecified atom stereocenters. The monoisotopic (exact) mass is 417 g/mol. The minimum absolute atomic E-state index is 0.160. The summed E-state index contributed by atoms with van der Waals surface area (Å²) in [5, 5.41) is 9.50. The van der Waals surface area contributed by atoms with E-state index in [1.807, 2.05) is 19.2 Å². The third kappa shape index (κ3) is 4.33. The Kier molecular flexibility index (Phi) is 5.43. The molecule has 0 saturated carbocycles. The van der Waals surface area contributed by atoms with Crippen LogP contribution in [0.25, 0.3) is 10.9 Å². The molecule has 0 atom stereocenters. The molecule has 8 heteroatoms. The van der Waals surface area contributed by atoms with E-state index in [0.717, 1.165) is 5.56 Å². The molecule has 134 valence electrons. The summed E-state index contributed by atoms with van der Waals surface area (Å²) >= 11 is 3.25. The molecule has 0 bridgehead atoms. The number of anilines is 3. The molecule has 0 aliphatic carbocycles. The topological polar surface area (TPSA) is 78.9 Å². The maximum absolute atomic E-state index is 14.1. The van der Waals surface area contributed by atoms with Gasteiger partial charge in [0.05, 0.1) is 0 Å². The summed E-state index contributed by atoms with van der Waals surface area (Å²) in [5.74, 6) is -0.316. The molecule has 1 amide bonds. The van der Waals surface area contributed by atoms with Crippen LogP contribution >= 0.6 is 15.9 Å². The molecular weight excluding hydrogens is 401 g/mol. The Morgan fingerprint density at radius 2 is 1.96 bits per heavy atom. The van der Waals surface area contributed by atoms with Crippen LogP contribution < -0.4 is 16.0 Å². The Balaban J connectivity index is 1.95. The van der Waals surface area contributed by atoms with Gasteiger partial charge in [0.15, 0.2) is 5.82 Å². The molecule has 26 heavy (non-hydrogen) atoms. The molecule has 3 aromatic rings. The van der Waals surface area contributed by atoms with Gasteiger partial charge in [-0.25, -0.2) is 14.4 Å². The van der Waals surface area contributed by atoms with Crippen LogP contribution in [0.1, 0.15) is 12.5 Å². The zero-order chi connectivity index (χ0) is 18.7. The molecule has 0 radical (unpaired) electrons. The van der Waals surface area contributed by atoms with Crippen LogP contribution in [0.3, 0.4) is 0 Å². The van der Waals surface area contributed by atoms with Crippen LogP contribution in [-0.4, -0.2) is 22.9 Å². The van der Waals surface area contributed by atoms with Gasteiger partial charge in [-0.1, -0.05) is 15.9 Å². The zero-order valence-electron chi connectivity index (χ0n) is 14.2. The highest BCUT2D eigenvalue weighted by Gasteiger charge is 2.08. The Morgan fingerprint density at radius 3 is 2.69 bits per heavy atom. The minimum Gasteiger partial charge on any atom is -0.326 e. The van der Waals surface area contributed by atoms with Crippen LogP contribution in [0.15, 0.2) is 41.0 Å². The van der Waals surface area contributed by atoms with Crippen molar-refractivity contribution in [3.8, 4) is 0 Å². The number of rotatable bonds is 5. The van der Waals surface area contributed by atoms with Gasteiger partial charge in [0.1, 0.15) is 5.52 Å². The number of fused-ring (bicyclic) bond motifs is 1. The molecule has 0 fully saturated rings. The summed E-state index contributed by atoms with van der Waals surface area (Å²) in [6.45, 7) is 2.08. The molecule has 6 nitrogen and oxygen atoms in total. The Bertz CT molecular complexity index is 979. The van der Waals surface area contributed by atoms with Gasteiger partial charge >= 0.3 is 0 Å². The highest BCUT2D eigenvalue weighted by Crippen LogP contribution is 2.25. The maximum atomic E-state index is 14.1. The zero-order valence-corrected chi connectivity index (χ0v) is 15.8. The average Bonchev–Trinajstić information content (AvgIpc) is 2.55. The molecule has 1 heterocycles. The van der Waals surface area contributed by atoms with E-state index in [1.165, 1.54) is 13.0 Å². The molecular formula is C18H17BrFN5O. The first-order valence-electron chi connectivity index (χ1n) is 7.89. The van der Waals surface area contributed by atoms with Gasteiger partial charge in [-0.3, -0.25) is 4.79 Å². The van der Waals surface area contributed by atoms with Gasteiger partial charge in [-0.05, 0) is 42.9 Å². The van der Waals surface area contributed by atoms with Crippen molar-refractivity contribution in [1.82, 2.24) is 15.3 Å². The number of nitrogens with one attached hydrogen (secondary N) is 3. The number of nitrogens with zero attached hydrogens (tertiary/aromatic N) is 2. The van der Waals surface area contributed by atoms with Gasteiger partial charge in [-0.15, -0.1) is 0 Å². The molecule has 3 rings (SSSR count). The van der Waals surface area contributed by atoms with Gasteiger partial charge in [0.25, 0.3) is 0 Å². The quantitative estimate of drug-likeness (QED) is 0.585. The first-order chi connectivity index (χ1) is 12.4. The summed E-state index contributed by atoms with van der Waals surface area (Å²) in [5.41, 5.74) is 2.55. The van der Waals surface area contributed by atoms with Crippen LogP contribution in [-0.2, 0) is 11.3 Å². The Labute approximate surface area is 158 Å². The van der Waals surface area contributed by atoms with Crippen LogP contribution in [0.4, 0.5) is 21.7 Å². The standard InChI is InChI=1S/C18H17BrFN5O/c1-10(26)23-14-3-11(8-21-2)4-15(7-14)24-18-22-9-12-5-13(19)6-16(20)17(12)25-18/h3-7,9,21H,8H2,1-2H3,(H,23,26)(H,22,24,25). The fraction of sp³-hybridized carbons (Fsp3) is 0.167. The summed E-state index contributed by atoms with van der Waals surface area (Å²) in [4.78, 5) is 19.8. The SMILES string of the molecule is CNCc1cc(NC(C)=O)cc(Nc2ncc3cc(Br)cc(F)c3n2)c1. The van der Waals surface area contributed by atoms with Gasteiger partial charge in [-0.2, -0.15) is 0 Å². The number of halogens is 2. The molecule has 0 aliphatic heterocycles. The van der Waals surface area contributed by atoms with Gasteiger partial charge < -0.3 is 16.0 Å². The van der Waals surface area contributed by atoms with Crippen molar-refractivity contribution in [1.29, 1.82) is 0 Å². The maximum Gasteiger partial charge on any atom is 0.227 e. The van der Waals surface area contributed by atoms with Crippen molar-refractivity contribution < 1.29 is 9.18 Å². The van der Waals surface area contributed by atoms with E-state index in [0.29, 0.717) is 27.8 Å². The lowest BCUT2D eigenvalue weighted by Gasteiger charge is -2.12. The highest BCUT2D eigenvalue weighted by molar-refractivity contribution is 9.10. The molecule has 0 saturated heterocycles. The Morgan fingerprint density at radius 1 is 1.19 bits per heavy atom. The van der Waals surface area contributed by atoms with Gasteiger partial charge in [0.2, 0.25) is 11.9 Å². The molecule has 2 aromatic carbocycles. The lowest BCUT2D eigenvalue weighted by molar-refractivity contribution is -0.114. The van der Waals surface area contributed by atoms with Gasteiger partial charge in [0, 0.05) is 40.9 Å². The molecule has 0 aliphatic rings. The summed E-state index contributed by atoms with van der Waals surface area (Å²) in [7, 11) is 1.84. The fourth-order valence-corrected chi connectivity index (χ4v) is 3.05. The van der Waals surface area contributed by atoms with E-state index in [1.54, 1.807) is 18.3 Å². The minimum atomic E-state index is -0.428. The van der Waals surface area contributed by atoms with Crippen molar-refractivity contribution in [2.24, 2.45) is 0 Å². The van der Waals surface area contributed by atoms with Crippen LogP contribution in [0, 0.1) is 5.82 Å². The third-order valence-corrected chi connectivity index (χ3v) is 4.01. The summed E-state index contributed by atoms with van der Waals surface area (Å²) in [6, 6.07) is 8.67. The predicted octanol–water partition coefficient (Wildman–Crippen LogP) is 3.95. The number of carbonyl (C=O) groups is 1. The van der Waals surface area contributed by atoms with Crippen molar-refractivity contribution in [2.45, 2.75) is 13.5 Å². The number of carbonyl (C=O) groups excluding carboxylic acids is 1. The fourth-order valence-electron chi connectivity index (χ4n) is 2.60. The predicted molar refractivity (Wildman–Crippen MR) is 104 cm³/mol. The van der Waals surface area contributed by atoms with Crippen molar-refractivity contribution >= 4 is 50.1 Å². The second-order valence-electron chi connectivity index (χ2n) is 5.77. The Hall–Kier alpha value is -2.58. The summed E-state index contributed by atoms with van der Waals surface area (Å²) < 4.78 is 14.8. The molecule has 1 aromatic heterocycles. The van der Waals surface area contributed by atoms with Crippen LogP contribution in [0.2, 0.25) is 0 Å². The molecule has 3 N–H and O–H groups in total. The number of aromatic nitrogens is 2. The number of benzene rings is 2. The van der Waals surface area contributed by atoms with E-state index >= 15 is 0 Å². The first-order valence-corrected chi connectivity index (χ1v) is 8.69. The second-order valence-corrected chi connectivity index (χ2v) is 6.69. The smallest absolute Gasteiger partial charge is 0.227 e. The lowest BCUT2D eigenvalue weighted by Crippen LogP contribution is -2.09. The van der Waals surface area contributed by atoms with E-state index < -0.39 is 5.82 Å². The normalized spacial score (nSPS) is 10.8.